The van der Waals surface area contributed by atoms with Crippen LogP contribution in [-0.4, -0.2) is 17.8 Å². The van der Waals surface area contributed by atoms with Crippen LogP contribution in [0.1, 0.15) is 53.4 Å². The highest BCUT2D eigenvalue weighted by molar-refractivity contribution is 7.16. The minimum Gasteiger partial charge on any atom is -0.550 e. The van der Waals surface area contributed by atoms with E-state index in [0.29, 0.717) is 29.8 Å². The molecule has 0 aliphatic heterocycles. The molecule has 0 radical (unpaired) electrons. The molecule has 1 saturated carbocycles. The van der Waals surface area contributed by atoms with Crippen molar-refractivity contribution in [2.75, 3.05) is 5.32 Å². The summed E-state index contributed by atoms with van der Waals surface area (Å²) in [5.74, 6) is -3.53. The summed E-state index contributed by atoms with van der Waals surface area (Å²) in [4.78, 5) is 36.4. The second-order valence-corrected chi connectivity index (χ2v) is 7.09. The summed E-state index contributed by atoms with van der Waals surface area (Å²) in [6.07, 6.45) is 3.21. The summed E-state index contributed by atoms with van der Waals surface area (Å²) in [5, 5.41) is 14.4. The van der Waals surface area contributed by atoms with Crippen LogP contribution in [0.2, 0.25) is 0 Å². The molecule has 2 amide bonds. The van der Waals surface area contributed by atoms with E-state index in [0.717, 1.165) is 23.3 Å². The van der Waals surface area contributed by atoms with Crippen LogP contribution in [0.15, 0.2) is 0 Å². The smallest absolute Gasteiger partial charge is 0.251 e. The summed E-state index contributed by atoms with van der Waals surface area (Å²) in [6.45, 7) is 3.79. The molecular weight excluding hydrogens is 316 g/mol. The van der Waals surface area contributed by atoms with Gasteiger partial charge in [-0.2, -0.15) is 0 Å². The van der Waals surface area contributed by atoms with Crippen LogP contribution >= 0.6 is 11.3 Å². The summed E-state index contributed by atoms with van der Waals surface area (Å²) >= 11 is 1.30. The Hall–Kier alpha value is -1.89. The molecule has 2 atom stereocenters. The highest BCUT2D eigenvalue weighted by Crippen LogP contribution is 2.35. The zero-order valence-electron chi connectivity index (χ0n) is 13.3. The molecule has 1 fully saturated rings. The van der Waals surface area contributed by atoms with Crippen molar-refractivity contribution in [2.45, 2.75) is 46.0 Å². The molecule has 23 heavy (non-hydrogen) atoms. The van der Waals surface area contributed by atoms with E-state index < -0.39 is 23.7 Å². The van der Waals surface area contributed by atoms with Gasteiger partial charge in [-0.15, -0.1) is 11.3 Å². The van der Waals surface area contributed by atoms with Crippen molar-refractivity contribution >= 4 is 34.1 Å². The molecule has 1 aromatic heterocycles. The van der Waals surface area contributed by atoms with E-state index in [-0.39, 0.29) is 5.91 Å². The fraction of sp³-hybridized carbons (Fsp3) is 0.562. The number of amides is 2. The van der Waals surface area contributed by atoms with Crippen LogP contribution in [0.5, 0.6) is 0 Å². The Morgan fingerprint density at radius 3 is 2.39 bits per heavy atom. The molecule has 0 spiro atoms. The van der Waals surface area contributed by atoms with Gasteiger partial charge in [0.2, 0.25) is 5.91 Å². The molecule has 0 bridgehead atoms. The Morgan fingerprint density at radius 1 is 1.26 bits per heavy atom. The molecule has 126 valence electrons. The number of carbonyl (C=O) groups excluding carboxylic acids is 3. The average molecular weight is 337 g/mol. The number of thiophene rings is 1. The van der Waals surface area contributed by atoms with E-state index in [4.69, 9.17) is 5.73 Å². The van der Waals surface area contributed by atoms with Gasteiger partial charge in [0.05, 0.1) is 5.56 Å². The number of hydrogen-bond acceptors (Lipinski definition) is 5. The lowest BCUT2D eigenvalue weighted by molar-refractivity contribution is -0.313. The number of carboxylic acids is 1. The molecule has 0 unspecified atom stereocenters. The van der Waals surface area contributed by atoms with E-state index in [1.54, 1.807) is 0 Å². The molecule has 1 heterocycles. The molecule has 2 rings (SSSR count). The van der Waals surface area contributed by atoms with Crippen LogP contribution < -0.4 is 16.2 Å². The van der Waals surface area contributed by atoms with Gasteiger partial charge in [-0.05, 0) is 31.7 Å². The predicted octanol–water partition coefficient (Wildman–Crippen LogP) is 1.21. The van der Waals surface area contributed by atoms with Crippen molar-refractivity contribution in [3.05, 3.63) is 16.0 Å². The number of primary amides is 1. The molecule has 7 heteroatoms. The van der Waals surface area contributed by atoms with Crippen molar-refractivity contribution in [3.8, 4) is 0 Å². The van der Waals surface area contributed by atoms with Crippen LogP contribution in [-0.2, 0) is 16.0 Å². The Kier molecular flexibility index (Phi) is 5.41. The zero-order valence-corrected chi connectivity index (χ0v) is 14.1. The summed E-state index contributed by atoms with van der Waals surface area (Å²) in [7, 11) is 0. The first-order valence-corrected chi connectivity index (χ1v) is 8.62. The van der Waals surface area contributed by atoms with Crippen LogP contribution in [0.4, 0.5) is 5.00 Å². The van der Waals surface area contributed by atoms with Gasteiger partial charge < -0.3 is 21.0 Å². The third-order valence-electron chi connectivity index (χ3n) is 4.45. The number of rotatable bonds is 5. The Bertz CT molecular complexity index is 638. The van der Waals surface area contributed by atoms with E-state index in [1.807, 2.05) is 13.8 Å². The zero-order chi connectivity index (χ0) is 17.1. The van der Waals surface area contributed by atoms with E-state index in [2.05, 4.69) is 5.32 Å². The topological polar surface area (TPSA) is 112 Å². The lowest BCUT2D eigenvalue weighted by Gasteiger charge is -2.31. The number of hydrogen-bond donors (Lipinski definition) is 2. The van der Waals surface area contributed by atoms with Crippen molar-refractivity contribution < 1.29 is 19.5 Å². The van der Waals surface area contributed by atoms with E-state index >= 15 is 0 Å². The minimum atomic E-state index is -1.18. The standard InChI is InChI=1S/C16H22N2O4S/c1-3-9-8(2)23-15(12(9)13(17)19)18-14(20)10-6-4-5-7-11(10)16(21)22/h10-11H,3-7H2,1-2H3,(H2,17,19)(H,18,20)(H,21,22)/p-1/t10-,11-/m1/s1. The second kappa shape index (κ2) is 7.12. The van der Waals surface area contributed by atoms with Crippen molar-refractivity contribution in [3.63, 3.8) is 0 Å². The fourth-order valence-corrected chi connectivity index (χ4v) is 4.44. The van der Waals surface area contributed by atoms with Crippen LogP contribution in [0.25, 0.3) is 0 Å². The number of carbonyl (C=O) groups is 3. The molecule has 0 aromatic carbocycles. The molecular formula is C16H21N2O4S-. The highest BCUT2D eigenvalue weighted by Gasteiger charge is 2.33. The number of aryl methyl sites for hydroxylation is 1. The minimum absolute atomic E-state index is 0.337. The van der Waals surface area contributed by atoms with Crippen molar-refractivity contribution in [2.24, 2.45) is 17.6 Å². The normalized spacial score (nSPS) is 21.0. The first-order valence-electron chi connectivity index (χ1n) is 7.80. The maximum Gasteiger partial charge on any atom is 0.251 e. The summed E-state index contributed by atoms with van der Waals surface area (Å²) < 4.78 is 0. The number of carboxylic acid groups (broad SMARTS) is 1. The van der Waals surface area contributed by atoms with Crippen molar-refractivity contribution in [1.82, 2.24) is 0 Å². The lowest BCUT2D eigenvalue weighted by Crippen LogP contribution is -2.42. The average Bonchev–Trinajstić information content (AvgIpc) is 2.82. The van der Waals surface area contributed by atoms with Gasteiger partial charge in [0.1, 0.15) is 5.00 Å². The maximum atomic E-state index is 12.5. The van der Waals surface area contributed by atoms with Crippen LogP contribution in [0, 0.1) is 18.8 Å². The van der Waals surface area contributed by atoms with Gasteiger partial charge >= 0.3 is 0 Å². The Morgan fingerprint density at radius 2 is 1.87 bits per heavy atom. The highest BCUT2D eigenvalue weighted by atomic mass is 32.1. The van der Waals surface area contributed by atoms with Crippen molar-refractivity contribution in [1.29, 1.82) is 0 Å². The molecule has 6 nitrogen and oxygen atoms in total. The Labute approximate surface area is 139 Å². The second-order valence-electron chi connectivity index (χ2n) is 5.86. The van der Waals surface area contributed by atoms with Gasteiger partial charge in [0, 0.05) is 22.7 Å². The van der Waals surface area contributed by atoms with Gasteiger partial charge in [-0.3, -0.25) is 9.59 Å². The Balaban J connectivity index is 2.26. The number of anilines is 1. The summed E-state index contributed by atoms with van der Waals surface area (Å²) in [6, 6.07) is 0. The number of nitrogens with one attached hydrogen (secondary N) is 1. The van der Waals surface area contributed by atoms with Crippen LogP contribution in [0.3, 0.4) is 0 Å². The van der Waals surface area contributed by atoms with E-state index in [9.17, 15) is 19.5 Å². The van der Waals surface area contributed by atoms with Gasteiger partial charge in [-0.1, -0.05) is 19.8 Å². The van der Waals surface area contributed by atoms with Gasteiger partial charge in [-0.25, -0.2) is 0 Å². The quantitative estimate of drug-likeness (QED) is 0.841. The number of aliphatic carboxylic acids is 1. The predicted molar refractivity (Wildman–Crippen MR) is 86.0 cm³/mol. The molecule has 1 aliphatic carbocycles. The molecule has 1 aliphatic rings. The molecule has 3 N–H and O–H groups in total. The largest absolute Gasteiger partial charge is 0.550 e. The summed E-state index contributed by atoms with van der Waals surface area (Å²) in [5.41, 5.74) is 6.61. The first kappa shape index (κ1) is 17.5. The number of nitrogens with two attached hydrogens (primary N) is 1. The van der Waals surface area contributed by atoms with Gasteiger partial charge in [0.25, 0.3) is 5.91 Å². The SMILES string of the molecule is CCc1c(C)sc(NC(=O)[C@@H]2CCCC[C@H]2C(=O)[O-])c1C(N)=O. The lowest BCUT2D eigenvalue weighted by atomic mass is 9.79. The monoisotopic (exact) mass is 337 g/mol. The van der Waals surface area contributed by atoms with E-state index in [1.165, 1.54) is 11.3 Å². The third kappa shape index (κ3) is 3.55. The maximum absolute atomic E-state index is 12.5. The molecule has 1 aromatic rings. The third-order valence-corrected chi connectivity index (χ3v) is 5.51. The molecule has 0 saturated heterocycles. The fourth-order valence-electron chi connectivity index (χ4n) is 3.28. The van der Waals surface area contributed by atoms with Gasteiger partial charge in [0.15, 0.2) is 0 Å². The first-order chi connectivity index (χ1) is 10.9.